The van der Waals surface area contributed by atoms with Gasteiger partial charge in [-0.25, -0.2) is 0 Å². The van der Waals surface area contributed by atoms with Gasteiger partial charge in [0, 0.05) is 17.4 Å². The molecule has 2 rings (SSSR count). The normalized spacial score (nSPS) is 22.0. The summed E-state index contributed by atoms with van der Waals surface area (Å²) < 4.78 is 33.8. The highest BCUT2D eigenvalue weighted by molar-refractivity contribution is 7.99. The number of ether oxygens (including phenoxy) is 2. The summed E-state index contributed by atoms with van der Waals surface area (Å²) in [5.41, 5.74) is 0.697. The smallest absolute Gasteiger partial charge is 0.387 e. The second kappa shape index (κ2) is 6.27. The molecule has 110 valence electrons. The molecule has 0 radical (unpaired) electrons. The number of alkyl halides is 2. The number of halogens is 2. The van der Waals surface area contributed by atoms with Gasteiger partial charge in [-0.1, -0.05) is 0 Å². The molecule has 8 heteroatoms. The zero-order chi connectivity index (χ0) is 14.7. The maximum absolute atomic E-state index is 12.2. The molecule has 1 heterocycles. The average molecular weight is 305 g/mol. The molecule has 20 heavy (non-hydrogen) atoms. The number of hydrogen-bond donors (Lipinski definition) is 2. The van der Waals surface area contributed by atoms with Crippen molar-refractivity contribution in [2.45, 2.75) is 18.0 Å². The number of methoxy groups -OCH3 is 1. The van der Waals surface area contributed by atoms with Gasteiger partial charge >= 0.3 is 12.6 Å². The average Bonchev–Trinajstić information content (AvgIpc) is 2.87. The Bertz CT molecular complexity index is 500. The van der Waals surface area contributed by atoms with Gasteiger partial charge in [0.2, 0.25) is 0 Å². The molecule has 0 aliphatic carbocycles. The number of carbonyl (C=O) groups is 1. The van der Waals surface area contributed by atoms with E-state index < -0.39 is 18.6 Å². The van der Waals surface area contributed by atoms with Crippen LogP contribution >= 0.6 is 11.8 Å². The Balaban J connectivity index is 2.18. The minimum absolute atomic E-state index is 0.00150. The third kappa shape index (κ3) is 3.31. The zero-order valence-electron chi connectivity index (χ0n) is 10.5. The van der Waals surface area contributed by atoms with Gasteiger partial charge in [-0.15, -0.1) is 11.8 Å². The van der Waals surface area contributed by atoms with Crippen LogP contribution in [0.15, 0.2) is 18.2 Å². The van der Waals surface area contributed by atoms with E-state index >= 15 is 0 Å². The van der Waals surface area contributed by atoms with E-state index in [1.165, 1.54) is 31.0 Å². The summed E-state index contributed by atoms with van der Waals surface area (Å²) in [6, 6.07) is 3.72. The van der Waals surface area contributed by atoms with E-state index in [0.717, 1.165) is 0 Å². The minimum Gasteiger partial charge on any atom is -0.496 e. The van der Waals surface area contributed by atoms with E-state index in [1.807, 2.05) is 0 Å². The van der Waals surface area contributed by atoms with Gasteiger partial charge in [-0.3, -0.25) is 10.1 Å². The predicted octanol–water partition coefficient (Wildman–Crippen LogP) is 2.08. The van der Waals surface area contributed by atoms with Crippen LogP contribution in [0.1, 0.15) is 10.9 Å². The molecule has 1 aromatic carbocycles. The molecule has 0 aromatic heterocycles. The van der Waals surface area contributed by atoms with E-state index in [2.05, 4.69) is 10.1 Å². The fraction of sp³-hybridized carbons (Fsp3) is 0.417. The first kappa shape index (κ1) is 14.9. The van der Waals surface area contributed by atoms with Crippen LogP contribution in [-0.4, -0.2) is 36.6 Å². The number of aliphatic carboxylic acids is 1. The fourth-order valence-corrected chi connectivity index (χ4v) is 3.14. The molecular formula is C12H13F2NO4S. The number of rotatable bonds is 5. The van der Waals surface area contributed by atoms with E-state index in [-0.39, 0.29) is 11.1 Å². The van der Waals surface area contributed by atoms with Crippen molar-refractivity contribution in [3.8, 4) is 11.5 Å². The number of benzene rings is 1. The topological polar surface area (TPSA) is 67.8 Å². The number of hydrogen-bond acceptors (Lipinski definition) is 5. The Labute approximate surface area is 118 Å². The van der Waals surface area contributed by atoms with Crippen LogP contribution in [0.25, 0.3) is 0 Å². The summed E-state index contributed by atoms with van der Waals surface area (Å²) in [7, 11) is 1.42. The molecule has 0 bridgehead atoms. The van der Waals surface area contributed by atoms with Gasteiger partial charge in [-0.2, -0.15) is 8.78 Å². The van der Waals surface area contributed by atoms with Crippen molar-refractivity contribution in [1.29, 1.82) is 0 Å². The third-order valence-electron chi connectivity index (χ3n) is 2.79. The zero-order valence-corrected chi connectivity index (χ0v) is 11.3. The van der Waals surface area contributed by atoms with Gasteiger partial charge in [0.05, 0.1) is 12.5 Å². The maximum Gasteiger partial charge on any atom is 0.387 e. The molecule has 2 unspecified atom stereocenters. The number of carboxylic acid groups (broad SMARTS) is 1. The molecule has 5 nitrogen and oxygen atoms in total. The van der Waals surface area contributed by atoms with Crippen molar-refractivity contribution in [2.24, 2.45) is 0 Å². The lowest BCUT2D eigenvalue weighted by atomic mass is 10.1. The Kier molecular flexibility index (Phi) is 4.66. The second-order valence-electron chi connectivity index (χ2n) is 4.05. The van der Waals surface area contributed by atoms with Crippen molar-refractivity contribution in [1.82, 2.24) is 5.32 Å². The SMILES string of the molecule is COc1cc(OC(F)F)ccc1C1NC(C(=O)O)CS1. The second-order valence-corrected chi connectivity index (χ2v) is 5.19. The first-order chi connectivity index (χ1) is 9.51. The summed E-state index contributed by atoms with van der Waals surface area (Å²) >= 11 is 1.42. The summed E-state index contributed by atoms with van der Waals surface area (Å²) in [5.74, 6) is -0.118. The first-order valence-electron chi connectivity index (χ1n) is 5.74. The van der Waals surface area contributed by atoms with Gasteiger partial charge < -0.3 is 14.6 Å². The highest BCUT2D eigenvalue weighted by Crippen LogP contribution is 2.39. The summed E-state index contributed by atoms with van der Waals surface area (Å²) in [6.45, 7) is -2.90. The monoisotopic (exact) mass is 305 g/mol. The highest BCUT2D eigenvalue weighted by Gasteiger charge is 2.32. The van der Waals surface area contributed by atoms with Crippen LogP contribution in [0, 0.1) is 0 Å². The molecule has 1 aliphatic heterocycles. The summed E-state index contributed by atoms with van der Waals surface area (Å²) in [5, 5.41) is 11.6. The van der Waals surface area contributed by atoms with Crippen molar-refractivity contribution in [3.63, 3.8) is 0 Å². The van der Waals surface area contributed by atoms with Crippen LogP contribution in [0.3, 0.4) is 0 Å². The van der Waals surface area contributed by atoms with E-state index in [9.17, 15) is 13.6 Å². The lowest BCUT2D eigenvalue weighted by Crippen LogP contribution is -2.33. The number of nitrogens with one attached hydrogen (secondary N) is 1. The third-order valence-corrected chi connectivity index (χ3v) is 4.04. The quantitative estimate of drug-likeness (QED) is 0.868. The molecule has 1 fully saturated rings. The molecule has 2 N–H and O–H groups in total. The summed E-state index contributed by atoms with van der Waals surface area (Å²) in [6.07, 6.45) is 0. The summed E-state index contributed by atoms with van der Waals surface area (Å²) in [4.78, 5) is 10.9. The molecule has 0 amide bonds. The maximum atomic E-state index is 12.2. The van der Waals surface area contributed by atoms with Gasteiger partial charge in [0.15, 0.2) is 0 Å². The van der Waals surface area contributed by atoms with E-state index in [1.54, 1.807) is 6.07 Å². The molecule has 0 saturated carbocycles. The first-order valence-corrected chi connectivity index (χ1v) is 6.79. The number of thioether (sulfide) groups is 1. The van der Waals surface area contributed by atoms with Crippen molar-refractivity contribution < 1.29 is 28.2 Å². The Morgan fingerprint density at radius 2 is 2.30 bits per heavy atom. The Hall–Kier alpha value is -1.54. The van der Waals surface area contributed by atoms with Gasteiger partial charge in [0.1, 0.15) is 17.5 Å². The Morgan fingerprint density at radius 1 is 1.55 bits per heavy atom. The molecule has 1 saturated heterocycles. The van der Waals surface area contributed by atoms with Crippen molar-refractivity contribution >= 4 is 17.7 Å². The lowest BCUT2D eigenvalue weighted by molar-refractivity contribution is -0.138. The van der Waals surface area contributed by atoms with Crippen molar-refractivity contribution in [3.05, 3.63) is 23.8 Å². The van der Waals surface area contributed by atoms with Crippen LogP contribution in [-0.2, 0) is 4.79 Å². The minimum atomic E-state index is -2.90. The standard InChI is InChI=1S/C12H13F2NO4S/c1-18-9-4-6(19-12(13)14)2-3-7(9)10-15-8(5-20-10)11(16)17/h2-4,8,10,12,15H,5H2,1H3,(H,16,17). The molecule has 1 aliphatic rings. The molecular weight excluding hydrogens is 292 g/mol. The van der Waals surface area contributed by atoms with Gasteiger partial charge in [-0.05, 0) is 12.1 Å². The van der Waals surface area contributed by atoms with Gasteiger partial charge in [0.25, 0.3) is 0 Å². The van der Waals surface area contributed by atoms with Crippen LogP contribution in [0.4, 0.5) is 8.78 Å². The number of carboxylic acids is 1. The largest absolute Gasteiger partial charge is 0.496 e. The predicted molar refractivity (Wildman–Crippen MR) is 69.4 cm³/mol. The van der Waals surface area contributed by atoms with Crippen molar-refractivity contribution in [2.75, 3.05) is 12.9 Å². The fourth-order valence-electron chi connectivity index (χ4n) is 1.88. The van der Waals surface area contributed by atoms with Crippen LogP contribution in [0.2, 0.25) is 0 Å². The van der Waals surface area contributed by atoms with Crippen LogP contribution in [0.5, 0.6) is 11.5 Å². The van der Waals surface area contributed by atoms with Crippen LogP contribution < -0.4 is 14.8 Å². The molecule has 2 atom stereocenters. The highest BCUT2D eigenvalue weighted by atomic mass is 32.2. The van der Waals surface area contributed by atoms with E-state index in [4.69, 9.17) is 9.84 Å². The molecule has 1 aromatic rings. The Morgan fingerprint density at radius 3 is 2.85 bits per heavy atom. The lowest BCUT2D eigenvalue weighted by Gasteiger charge is -2.16. The van der Waals surface area contributed by atoms with E-state index in [0.29, 0.717) is 17.1 Å². The molecule has 0 spiro atoms.